The fraction of sp³-hybridized carbons (Fsp3) is 0.459. The number of aldehydes is 1. The van der Waals surface area contributed by atoms with Crippen LogP contribution >= 0.6 is 11.6 Å². The van der Waals surface area contributed by atoms with E-state index < -0.39 is 18.7 Å². The molecule has 2 unspecified atom stereocenters. The van der Waals surface area contributed by atoms with Gasteiger partial charge in [-0.25, -0.2) is 18.8 Å². The number of nitrogens with one attached hydrogen (secondary N) is 3. The zero-order chi connectivity index (χ0) is 40.5. The Morgan fingerprint density at radius 3 is 2.02 bits per heavy atom. The smallest absolute Gasteiger partial charge is 0.207 e. The van der Waals surface area contributed by atoms with E-state index in [-0.39, 0.29) is 23.1 Å². The summed E-state index contributed by atoms with van der Waals surface area (Å²) >= 11 is 5.98. The summed E-state index contributed by atoms with van der Waals surface area (Å²) in [5.74, 6) is -0.205. The van der Waals surface area contributed by atoms with Crippen LogP contribution in [0.4, 0.5) is 8.78 Å². The van der Waals surface area contributed by atoms with Gasteiger partial charge in [0.15, 0.2) is 12.8 Å². The molecule has 0 saturated heterocycles. The molecule has 0 radical (unpaired) electrons. The van der Waals surface area contributed by atoms with Gasteiger partial charge in [0.1, 0.15) is 24.5 Å². The molecular formula is C37H58ClF2N9O3. The van der Waals surface area contributed by atoms with Crippen LogP contribution in [0, 0.1) is 16.6 Å². The Labute approximate surface area is 313 Å². The Bertz CT molecular complexity index is 1460. The molecule has 52 heavy (non-hydrogen) atoms. The van der Waals surface area contributed by atoms with Gasteiger partial charge in [-0.15, -0.1) is 0 Å². The SMILES string of the molecule is CC(C)(C)C.CC(C)(C)NC=O.CC(N)=NC=N.CN=C/C(=C\NCF)c1ccc(C(C=O)N=C(N)N(C)C(COC)c2ccc(Cl)cc2)c(F)c1. The maximum atomic E-state index is 15.0. The normalized spacial score (nSPS) is 13.2. The Morgan fingerprint density at radius 1 is 1.08 bits per heavy atom. The lowest BCUT2D eigenvalue weighted by atomic mass is 10.0. The lowest BCUT2D eigenvalue weighted by Gasteiger charge is -2.29. The minimum absolute atomic E-state index is 0.0309. The van der Waals surface area contributed by atoms with Crippen LogP contribution < -0.4 is 22.1 Å². The number of carbonyl (C=O) groups is 2. The second-order valence-corrected chi connectivity index (χ2v) is 14.1. The number of alkyl halides is 1. The van der Waals surface area contributed by atoms with Gasteiger partial charge in [-0.3, -0.25) is 15.2 Å². The number of allylic oxidation sites excluding steroid dienone is 1. The summed E-state index contributed by atoms with van der Waals surface area (Å²) in [6.45, 7) is 15.7. The molecule has 0 aliphatic heterocycles. The van der Waals surface area contributed by atoms with E-state index in [1.165, 1.54) is 24.5 Å². The molecule has 2 atom stereocenters. The number of hydrogen-bond acceptors (Lipinski definition) is 7. The molecule has 0 aliphatic carbocycles. The van der Waals surface area contributed by atoms with E-state index >= 15 is 0 Å². The quantitative estimate of drug-likeness (QED) is 0.0673. The third-order valence-electron chi connectivity index (χ3n) is 5.82. The van der Waals surface area contributed by atoms with Crippen LogP contribution in [-0.2, 0) is 14.3 Å². The van der Waals surface area contributed by atoms with E-state index in [2.05, 4.69) is 53.3 Å². The molecule has 2 aromatic carbocycles. The van der Waals surface area contributed by atoms with Crippen LogP contribution in [0.5, 0.6) is 0 Å². The molecule has 0 fully saturated rings. The molecule has 1 amide bonds. The lowest BCUT2D eigenvalue weighted by molar-refractivity contribution is -0.111. The molecule has 0 aliphatic rings. The fourth-order valence-electron chi connectivity index (χ4n) is 3.55. The standard InChI is InChI=1S/C24H28ClF2N5O2.C5H11NO.C5H12.C3H7N3/c1-29-11-18(12-30-15-26)17-6-9-20(21(27)10-17)22(13-33)31-24(28)32(2)23(14-34-3)16-4-7-19(25)8-5-16;1-5(2,3)6-4-7;1-5(2,3)4;1-3(5)6-2-4/h4-13,22-23,30H,14-15H2,1-3H3,(H2,28,31);4H,1-3H3,(H,6,7);1-4H3;2H,1H3,(H3,4,5,6)/b18-12+,29-11?;;;. The highest BCUT2D eigenvalue weighted by atomic mass is 35.5. The second kappa shape index (κ2) is 26.1. The van der Waals surface area contributed by atoms with Gasteiger partial charge >= 0.3 is 0 Å². The molecule has 7 N–H and O–H groups in total. The Hall–Kier alpha value is -4.69. The number of hydrogen-bond donors (Lipinski definition) is 5. The number of ether oxygens (including phenoxy) is 1. The summed E-state index contributed by atoms with van der Waals surface area (Å²) < 4.78 is 32.7. The Balaban J connectivity index is 0. The zero-order valence-electron chi connectivity index (χ0n) is 32.3. The van der Waals surface area contributed by atoms with Gasteiger partial charge in [-0.2, -0.15) is 0 Å². The van der Waals surface area contributed by atoms with Crippen molar-refractivity contribution in [3.8, 4) is 0 Å². The number of halogens is 3. The van der Waals surface area contributed by atoms with Gasteiger partial charge in [0.25, 0.3) is 0 Å². The first kappa shape index (κ1) is 49.4. The number of carbonyl (C=O) groups excluding carboxylic acids is 2. The first-order chi connectivity index (χ1) is 24.2. The Morgan fingerprint density at radius 2 is 1.65 bits per heavy atom. The van der Waals surface area contributed by atoms with Crippen molar-refractivity contribution in [2.75, 3.05) is 34.6 Å². The molecule has 0 spiro atoms. The van der Waals surface area contributed by atoms with Gasteiger partial charge in [0.2, 0.25) is 6.41 Å². The summed E-state index contributed by atoms with van der Waals surface area (Å²) in [4.78, 5) is 34.7. The average Bonchev–Trinajstić information content (AvgIpc) is 3.04. The van der Waals surface area contributed by atoms with Gasteiger partial charge < -0.3 is 36.5 Å². The number of amides is 1. The van der Waals surface area contributed by atoms with E-state index in [0.29, 0.717) is 46.7 Å². The van der Waals surface area contributed by atoms with E-state index in [0.717, 1.165) is 11.9 Å². The van der Waals surface area contributed by atoms with Gasteiger partial charge in [-0.05, 0) is 62.4 Å². The Kier molecular flexibility index (Phi) is 24.8. The third kappa shape index (κ3) is 23.7. The van der Waals surface area contributed by atoms with Gasteiger partial charge in [0, 0.05) is 55.3 Å². The summed E-state index contributed by atoms with van der Waals surface area (Å²) in [7, 11) is 4.81. The van der Waals surface area contributed by atoms with Crippen LogP contribution in [0.25, 0.3) is 5.57 Å². The van der Waals surface area contributed by atoms with Crippen molar-refractivity contribution < 1.29 is 23.1 Å². The highest BCUT2D eigenvalue weighted by molar-refractivity contribution is 6.30. The lowest BCUT2D eigenvalue weighted by Crippen LogP contribution is -2.39. The molecule has 0 heterocycles. The first-order valence-electron chi connectivity index (χ1n) is 16.2. The van der Waals surface area contributed by atoms with Crippen LogP contribution in [0.2, 0.25) is 5.02 Å². The summed E-state index contributed by atoms with van der Waals surface area (Å²) in [5, 5.41) is 12.0. The van der Waals surface area contributed by atoms with E-state index in [4.69, 9.17) is 33.2 Å². The summed E-state index contributed by atoms with van der Waals surface area (Å²) in [5.41, 5.74) is 13.5. The van der Waals surface area contributed by atoms with E-state index in [1.807, 2.05) is 32.9 Å². The molecule has 290 valence electrons. The van der Waals surface area contributed by atoms with Gasteiger partial charge in [0.05, 0.1) is 18.5 Å². The number of nitrogens with zero attached hydrogens (tertiary/aromatic N) is 4. The number of likely N-dealkylation sites (N-methyl/N-ethyl adjacent to an activating group) is 1. The van der Waals surface area contributed by atoms with Crippen molar-refractivity contribution in [2.24, 2.45) is 31.9 Å². The molecule has 15 heteroatoms. The van der Waals surface area contributed by atoms with Crippen molar-refractivity contribution in [1.82, 2.24) is 15.5 Å². The predicted octanol–water partition coefficient (Wildman–Crippen LogP) is 6.47. The molecule has 0 bridgehead atoms. The number of aliphatic imine (C=N–C) groups is 3. The van der Waals surface area contributed by atoms with E-state index in [1.54, 1.807) is 51.2 Å². The predicted molar refractivity (Wildman–Crippen MR) is 212 cm³/mol. The third-order valence-corrected chi connectivity index (χ3v) is 6.08. The van der Waals surface area contributed by atoms with Crippen LogP contribution in [0.15, 0.2) is 63.6 Å². The van der Waals surface area contributed by atoms with Crippen LogP contribution in [0.1, 0.15) is 84.2 Å². The number of nitrogens with two attached hydrogens (primary N) is 2. The molecule has 0 saturated carbocycles. The van der Waals surface area contributed by atoms with Crippen molar-refractivity contribution >= 4 is 54.2 Å². The van der Waals surface area contributed by atoms with Crippen LogP contribution in [-0.4, -0.2) is 82.1 Å². The van der Waals surface area contributed by atoms with Gasteiger partial charge in [-0.1, -0.05) is 63.6 Å². The molecule has 2 aromatic rings. The molecule has 0 aromatic heterocycles. The number of amidine groups is 1. The maximum absolute atomic E-state index is 15.0. The number of methoxy groups -OCH3 is 1. The fourth-order valence-corrected chi connectivity index (χ4v) is 3.67. The highest BCUT2D eigenvalue weighted by Gasteiger charge is 2.22. The first-order valence-corrected chi connectivity index (χ1v) is 16.5. The van der Waals surface area contributed by atoms with E-state index in [9.17, 15) is 18.4 Å². The average molecular weight is 750 g/mol. The summed E-state index contributed by atoms with van der Waals surface area (Å²) in [6.07, 6.45) is 4.99. The highest BCUT2D eigenvalue weighted by Crippen LogP contribution is 2.25. The number of rotatable bonds is 13. The molecule has 12 nitrogen and oxygen atoms in total. The minimum atomic E-state index is -1.17. The monoisotopic (exact) mass is 749 g/mol. The molecular weight excluding hydrogens is 692 g/mol. The second-order valence-electron chi connectivity index (χ2n) is 13.7. The maximum Gasteiger partial charge on any atom is 0.207 e. The number of guanidine groups is 1. The summed E-state index contributed by atoms with van der Waals surface area (Å²) in [6, 6.07) is 9.98. The van der Waals surface area contributed by atoms with Crippen LogP contribution in [0.3, 0.4) is 0 Å². The van der Waals surface area contributed by atoms with Crippen molar-refractivity contribution in [1.29, 1.82) is 5.41 Å². The van der Waals surface area contributed by atoms with Crippen molar-refractivity contribution in [2.45, 2.75) is 73.0 Å². The zero-order valence-corrected chi connectivity index (χ0v) is 33.1. The van der Waals surface area contributed by atoms with Crippen molar-refractivity contribution in [3.63, 3.8) is 0 Å². The molecule has 2 rings (SSSR count). The largest absolute Gasteiger partial charge is 0.387 e. The number of benzene rings is 2. The topological polar surface area (TPSA) is 184 Å². The minimum Gasteiger partial charge on any atom is -0.387 e. The van der Waals surface area contributed by atoms with Crippen molar-refractivity contribution in [3.05, 3.63) is 76.2 Å².